The van der Waals surface area contributed by atoms with Crippen LogP contribution in [0, 0.1) is 5.92 Å². The van der Waals surface area contributed by atoms with Crippen LogP contribution in [0.2, 0.25) is 0 Å². The quantitative estimate of drug-likeness (QED) is 0.488. The lowest BCUT2D eigenvalue weighted by molar-refractivity contribution is -0.125. The van der Waals surface area contributed by atoms with E-state index in [1.165, 1.54) is 5.56 Å². The summed E-state index contributed by atoms with van der Waals surface area (Å²) in [7, 11) is 0. The molecule has 1 amide bonds. The second-order valence-corrected chi connectivity index (χ2v) is 8.19. The molecule has 5 rings (SSSR count). The van der Waals surface area contributed by atoms with Crippen molar-refractivity contribution in [2.45, 2.75) is 25.7 Å². The summed E-state index contributed by atoms with van der Waals surface area (Å²) in [4.78, 5) is 24.2. The van der Waals surface area contributed by atoms with Crippen molar-refractivity contribution < 1.29 is 4.79 Å². The Morgan fingerprint density at radius 3 is 2.65 bits per heavy atom. The minimum atomic E-state index is 0.0781. The van der Waals surface area contributed by atoms with Gasteiger partial charge in [0.2, 0.25) is 5.91 Å². The van der Waals surface area contributed by atoms with Gasteiger partial charge in [0, 0.05) is 37.9 Å². The van der Waals surface area contributed by atoms with E-state index in [9.17, 15) is 4.79 Å². The van der Waals surface area contributed by atoms with Crippen molar-refractivity contribution in [2.24, 2.45) is 5.92 Å². The van der Waals surface area contributed by atoms with Gasteiger partial charge >= 0.3 is 0 Å². The number of piperidine rings is 1. The van der Waals surface area contributed by atoms with Gasteiger partial charge in [0.15, 0.2) is 11.5 Å². The maximum Gasteiger partial charge on any atom is 0.223 e. The van der Waals surface area contributed by atoms with E-state index >= 15 is 0 Å². The average molecular weight is 414 g/mol. The molecule has 6 nitrogen and oxygen atoms in total. The number of rotatable bonds is 6. The molecule has 3 aromatic heterocycles. The highest BCUT2D eigenvalue weighted by atomic mass is 16.1. The van der Waals surface area contributed by atoms with Crippen molar-refractivity contribution in [3.63, 3.8) is 0 Å². The zero-order valence-corrected chi connectivity index (χ0v) is 17.6. The van der Waals surface area contributed by atoms with Crippen LogP contribution in [0.1, 0.15) is 24.8 Å². The van der Waals surface area contributed by atoms with Gasteiger partial charge in [-0.1, -0.05) is 30.3 Å². The summed E-state index contributed by atoms with van der Waals surface area (Å²) >= 11 is 0. The van der Waals surface area contributed by atoms with Gasteiger partial charge in [-0.3, -0.25) is 4.79 Å². The predicted octanol–water partition coefficient (Wildman–Crippen LogP) is 3.85. The van der Waals surface area contributed by atoms with E-state index in [-0.39, 0.29) is 11.8 Å². The standard InChI is InChI=1S/C25H27N5O/c31-25(27-15-4-9-19-7-2-1-3-8-19)20-12-17-29(18-13-20)24-22-11-6-16-30(22)21-10-5-14-26-23(21)28-24/h1-3,5-8,10-11,14,16,20H,4,9,12-13,15,17-18H2,(H,27,31). The van der Waals surface area contributed by atoms with Gasteiger partial charge < -0.3 is 14.6 Å². The number of aromatic nitrogens is 3. The molecule has 0 spiro atoms. The first-order valence-electron chi connectivity index (χ1n) is 11.1. The van der Waals surface area contributed by atoms with Gasteiger partial charge in [0.1, 0.15) is 0 Å². The Kier molecular flexibility index (Phi) is 5.52. The van der Waals surface area contributed by atoms with Crippen LogP contribution in [0.3, 0.4) is 0 Å². The number of hydrogen-bond donors (Lipinski definition) is 1. The van der Waals surface area contributed by atoms with E-state index < -0.39 is 0 Å². The number of benzene rings is 1. The summed E-state index contributed by atoms with van der Waals surface area (Å²) in [5.41, 5.74) is 4.17. The Bertz CT molecular complexity index is 1180. The Hall–Kier alpha value is -3.41. The lowest BCUT2D eigenvalue weighted by atomic mass is 9.95. The molecule has 0 unspecified atom stereocenters. The third-order valence-corrected chi connectivity index (χ3v) is 6.16. The summed E-state index contributed by atoms with van der Waals surface area (Å²) in [5.74, 6) is 1.22. The number of carbonyl (C=O) groups is 1. The minimum absolute atomic E-state index is 0.0781. The predicted molar refractivity (Wildman–Crippen MR) is 123 cm³/mol. The molecule has 158 valence electrons. The topological polar surface area (TPSA) is 62.5 Å². The molecule has 0 radical (unpaired) electrons. The highest BCUT2D eigenvalue weighted by Crippen LogP contribution is 2.28. The van der Waals surface area contributed by atoms with Crippen LogP contribution in [0.4, 0.5) is 5.82 Å². The summed E-state index contributed by atoms with van der Waals surface area (Å²) in [6.45, 7) is 2.39. The van der Waals surface area contributed by atoms with E-state index in [0.717, 1.165) is 67.8 Å². The molecule has 1 saturated heterocycles. The molecule has 1 aromatic carbocycles. The van der Waals surface area contributed by atoms with Gasteiger partial charge in [0.25, 0.3) is 0 Å². The summed E-state index contributed by atoms with van der Waals surface area (Å²) in [6.07, 6.45) is 7.49. The zero-order valence-electron chi connectivity index (χ0n) is 17.6. The van der Waals surface area contributed by atoms with Crippen molar-refractivity contribution in [1.82, 2.24) is 19.7 Å². The van der Waals surface area contributed by atoms with Crippen LogP contribution >= 0.6 is 0 Å². The highest BCUT2D eigenvalue weighted by molar-refractivity contribution is 5.83. The van der Waals surface area contributed by atoms with Gasteiger partial charge in [-0.15, -0.1) is 0 Å². The van der Waals surface area contributed by atoms with Crippen LogP contribution < -0.4 is 10.2 Å². The summed E-state index contributed by atoms with van der Waals surface area (Å²) in [6, 6.07) is 18.5. The first kappa shape index (κ1) is 19.5. The van der Waals surface area contributed by atoms with Crippen molar-refractivity contribution in [3.8, 4) is 0 Å². The number of anilines is 1. The molecule has 4 aromatic rings. The summed E-state index contributed by atoms with van der Waals surface area (Å²) < 4.78 is 2.15. The molecule has 0 saturated carbocycles. The fraction of sp³-hybridized carbons (Fsp3) is 0.320. The number of carbonyl (C=O) groups excluding carboxylic acids is 1. The van der Waals surface area contributed by atoms with Crippen molar-refractivity contribution in [3.05, 3.63) is 72.6 Å². The average Bonchev–Trinajstić information content (AvgIpc) is 3.32. The smallest absolute Gasteiger partial charge is 0.223 e. The third kappa shape index (κ3) is 4.10. The molecule has 0 aliphatic carbocycles. The van der Waals surface area contributed by atoms with Crippen molar-refractivity contribution in [2.75, 3.05) is 24.5 Å². The highest BCUT2D eigenvalue weighted by Gasteiger charge is 2.26. The van der Waals surface area contributed by atoms with Gasteiger partial charge in [-0.2, -0.15) is 0 Å². The lowest BCUT2D eigenvalue weighted by Crippen LogP contribution is -2.41. The number of hydrogen-bond acceptors (Lipinski definition) is 4. The molecule has 4 heterocycles. The maximum absolute atomic E-state index is 12.6. The third-order valence-electron chi connectivity index (χ3n) is 6.16. The molecule has 6 heteroatoms. The Balaban J connectivity index is 1.18. The zero-order chi connectivity index (χ0) is 21.0. The second-order valence-electron chi connectivity index (χ2n) is 8.19. The first-order valence-corrected chi connectivity index (χ1v) is 11.1. The molecule has 31 heavy (non-hydrogen) atoms. The minimum Gasteiger partial charge on any atom is -0.356 e. The Morgan fingerprint density at radius 2 is 1.81 bits per heavy atom. The van der Waals surface area contributed by atoms with Crippen LogP contribution in [0.15, 0.2) is 67.0 Å². The largest absolute Gasteiger partial charge is 0.356 e. The number of amides is 1. The molecular formula is C25H27N5O. The van der Waals surface area contributed by atoms with Crippen LogP contribution in [-0.4, -0.2) is 39.9 Å². The molecular weight excluding hydrogens is 386 g/mol. The van der Waals surface area contributed by atoms with Gasteiger partial charge in [-0.25, -0.2) is 9.97 Å². The van der Waals surface area contributed by atoms with Crippen LogP contribution in [-0.2, 0) is 11.2 Å². The fourth-order valence-electron chi connectivity index (χ4n) is 4.47. The number of pyridine rings is 1. The van der Waals surface area contributed by atoms with Crippen molar-refractivity contribution in [1.29, 1.82) is 0 Å². The van der Waals surface area contributed by atoms with E-state index in [1.807, 2.05) is 24.3 Å². The van der Waals surface area contributed by atoms with Gasteiger partial charge in [0.05, 0.1) is 11.0 Å². The molecule has 1 aliphatic rings. The van der Waals surface area contributed by atoms with E-state index in [2.05, 4.69) is 56.1 Å². The normalized spacial score (nSPS) is 14.9. The number of fused-ring (bicyclic) bond motifs is 3. The molecule has 1 N–H and O–H groups in total. The number of nitrogens with zero attached hydrogens (tertiary/aromatic N) is 4. The molecule has 1 aliphatic heterocycles. The van der Waals surface area contributed by atoms with Crippen LogP contribution in [0.25, 0.3) is 16.7 Å². The maximum atomic E-state index is 12.6. The van der Waals surface area contributed by atoms with Gasteiger partial charge in [-0.05, 0) is 55.5 Å². The monoisotopic (exact) mass is 413 g/mol. The summed E-state index contributed by atoms with van der Waals surface area (Å²) in [5, 5.41) is 3.14. The SMILES string of the molecule is O=C(NCCCc1ccccc1)C1CCN(c2nc3ncccc3n3cccc23)CC1. The Labute approximate surface area is 181 Å². The number of aryl methyl sites for hydroxylation is 1. The van der Waals surface area contributed by atoms with E-state index in [1.54, 1.807) is 6.20 Å². The van der Waals surface area contributed by atoms with Crippen LogP contribution in [0.5, 0.6) is 0 Å². The Morgan fingerprint density at radius 1 is 1.00 bits per heavy atom. The van der Waals surface area contributed by atoms with E-state index in [4.69, 9.17) is 4.98 Å². The lowest BCUT2D eigenvalue weighted by Gasteiger charge is -2.32. The number of nitrogens with one attached hydrogen (secondary N) is 1. The van der Waals surface area contributed by atoms with E-state index in [0.29, 0.717) is 0 Å². The fourth-order valence-corrected chi connectivity index (χ4v) is 4.47. The molecule has 1 fully saturated rings. The molecule has 0 bridgehead atoms. The molecule has 0 atom stereocenters. The second kappa shape index (κ2) is 8.76. The van der Waals surface area contributed by atoms with Crippen molar-refractivity contribution >= 4 is 28.4 Å². The first-order chi connectivity index (χ1) is 15.3.